The van der Waals surface area contributed by atoms with Crippen LogP contribution in [0.3, 0.4) is 0 Å². The van der Waals surface area contributed by atoms with E-state index in [4.69, 9.17) is 11.6 Å². The predicted molar refractivity (Wildman–Crippen MR) is 79.1 cm³/mol. The maximum atomic E-state index is 6.02. The molecule has 100 valence electrons. The predicted octanol–water partition coefficient (Wildman–Crippen LogP) is 4.96. The average Bonchev–Trinajstić information content (AvgIpc) is 2.40. The van der Waals surface area contributed by atoms with Crippen LogP contribution in [0.15, 0.2) is 24.3 Å². The Morgan fingerprint density at radius 1 is 1.28 bits per heavy atom. The van der Waals surface area contributed by atoms with Gasteiger partial charge in [-0.1, -0.05) is 55.8 Å². The highest BCUT2D eigenvalue weighted by Crippen LogP contribution is 2.26. The molecule has 18 heavy (non-hydrogen) atoms. The maximum absolute atomic E-state index is 6.02. The van der Waals surface area contributed by atoms with Crippen molar-refractivity contribution >= 4 is 11.6 Å². The van der Waals surface area contributed by atoms with Gasteiger partial charge < -0.3 is 5.32 Å². The Kier molecular flexibility index (Phi) is 5.52. The van der Waals surface area contributed by atoms with Crippen molar-refractivity contribution in [3.8, 4) is 0 Å². The summed E-state index contributed by atoms with van der Waals surface area (Å²) in [6.45, 7) is 3.34. The fourth-order valence-corrected chi connectivity index (χ4v) is 3.07. The second-order valence-electron chi connectivity index (χ2n) is 5.52. The maximum Gasteiger partial charge on any atom is 0.0409 e. The molecule has 1 fully saturated rings. The van der Waals surface area contributed by atoms with Crippen LogP contribution < -0.4 is 5.32 Å². The van der Waals surface area contributed by atoms with Gasteiger partial charge in [0.05, 0.1) is 0 Å². The quantitative estimate of drug-likeness (QED) is 0.793. The van der Waals surface area contributed by atoms with Gasteiger partial charge in [0.25, 0.3) is 0 Å². The van der Waals surface area contributed by atoms with E-state index in [0.717, 1.165) is 17.5 Å². The third-order valence-electron chi connectivity index (χ3n) is 4.08. The highest BCUT2D eigenvalue weighted by molar-refractivity contribution is 6.30. The van der Waals surface area contributed by atoms with Gasteiger partial charge in [0.2, 0.25) is 0 Å². The lowest BCUT2D eigenvalue weighted by Crippen LogP contribution is -2.22. The van der Waals surface area contributed by atoms with Gasteiger partial charge in [-0.3, -0.25) is 0 Å². The van der Waals surface area contributed by atoms with Gasteiger partial charge in [-0.05, 0) is 43.5 Å². The molecule has 0 amide bonds. The summed E-state index contributed by atoms with van der Waals surface area (Å²) >= 11 is 6.02. The molecule has 1 nitrogen and oxygen atoms in total. The highest BCUT2D eigenvalue weighted by atomic mass is 35.5. The first-order valence-electron chi connectivity index (χ1n) is 7.24. The van der Waals surface area contributed by atoms with E-state index in [1.54, 1.807) is 0 Å². The van der Waals surface area contributed by atoms with Crippen LogP contribution in [0.4, 0.5) is 0 Å². The summed E-state index contributed by atoms with van der Waals surface area (Å²) < 4.78 is 0. The summed E-state index contributed by atoms with van der Waals surface area (Å²) in [7, 11) is 0. The van der Waals surface area contributed by atoms with E-state index in [0.29, 0.717) is 6.04 Å². The Morgan fingerprint density at radius 3 is 2.78 bits per heavy atom. The number of rotatable bonds is 5. The summed E-state index contributed by atoms with van der Waals surface area (Å²) in [4.78, 5) is 0. The van der Waals surface area contributed by atoms with Crippen LogP contribution in [0.5, 0.6) is 0 Å². The molecule has 1 saturated carbocycles. The Bertz CT molecular complexity index is 358. The van der Waals surface area contributed by atoms with Crippen LogP contribution >= 0.6 is 11.6 Å². The Labute approximate surface area is 116 Å². The van der Waals surface area contributed by atoms with Crippen molar-refractivity contribution in [2.45, 2.75) is 51.5 Å². The lowest BCUT2D eigenvalue weighted by atomic mass is 9.87. The minimum absolute atomic E-state index is 0.396. The molecule has 2 heteroatoms. The molecule has 0 saturated heterocycles. The van der Waals surface area contributed by atoms with Gasteiger partial charge in [0, 0.05) is 11.1 Å². The highest BCUT2D eigenvalue weighted by Gasteiger charge is 2.13. The zero-order valence-electron chi connectivity index (χ0n) is 11.3. The van der Waals surface area contributed by atoms with Crippen LogP contribution in [0, 0.1) is 5.92 Å². The molecule has 2 rings (SSSR count). The fraction of sp³-hybridized carbons (Fsp3) is 0.625. The van der Waals surface area contributed by atoms with Crippen molar-refractivity contribution in [2.24, 2.45) is 5.92 Å². The molecule has 1 N–H and O–H groups in total. The van der Waals surface area contributed by atoms with E-state index in [2.05, 4.69) is 24.4 Å². The number of benzene rings is 1. The molecule has 0 heterocycles. The molecule has 0 radical (unpaired) electrons. The molecular formula is C16H24ClN. The van der Waals surface area contributed by atoms with E-state index >= 15 is 0 Å². The normalized spacial score (nSPS) is 18.8. The molecule has 1 aliphatic rings. The Morgan fingerprint density at radius 2 is 2.06 bits per heavy atom. The van der Waals surface area contributed by atoms with Crippen LogP contribution in [-0.2, 0) is 0 Å². The number of halogens is 1. The molecule has 0 bridgehead atoms. The summed E-state index contributed by atoms with van der Waals surface area (Å²) in [5, 5.41) is 4.44. The molecule has 0 spiro atoms. The van der Waals surface area contributed by atoms with Gasteiger partial charge in [0.15, 0.2) is 0 Å². The van der Waals surface area contributed by atoms with Gasteiger partial charge in [-0.2, -0.15) is 0 Å². The van der Waals surface area contributed by atoms with Crippen LogP contribution in [0.25, 0.3) is 0 Å². The van der Waals surface area contributed by atoms with Crippen molar-refractivity contribution in [1.82, 2.24) is 5.32 Å². The van der Waals surface area contributed by atoms with E-state index in [9.17, 15) is 0 Å². The van der Waals surface area contributed by atoms with Crippen molar-refractivity contribution < 1.29 is 0 Å². The third kappa shape index (κ3) is 4.29. The monoisotopic (exact) mass is 265 g/mol. The third-order valence-corrected chi connectivity index (χ3v) is 4.31. The van der Waals surface area contributed by atoms with Crippen molar-refractivity contribution in [2.75, 3.05) is 6.54 Å². The second kappa shape index (κ2) is 7.16. The van der Waals surface area contributed by atoms with E-state index in [1.165, 1.54) is 44.1 Å². The smallest absolute Gasteiger partial charge is 0.0409 e. The summed E-state index contributed by atoms with van der Waals surface area (Å²) in [5.74, 6) is 0.956. The van der Waals surface area contributed by atoms with Gasteiger partial charge in [0.1, 0.15) is 0 Å². The standard InChI is InChI=1S/C16H24ClN/c1-13(15-8-5-9-16(17)12-15)18-11-10-14-6-3-2-4-7-14/h5,8-9,12-14,18H,2-4,6-7,10-11H2,1H3. The number of hydrogen-bond acceptors (Lipinski definition) is 1. The number of hydrogen-bond donors (Lipinski definition) is 1. The Balaban J connectivity index is 1.72. The van der Waals surface area contributed by atoms with Crippen LogP contribution in [0.2, 0.25) is 5.02 Å². The lowest BCUT2D eigenvalue weighted by molar-refractivity contribution is 0.329. The van der Waals surface area contributed by atoms with E-state index < -0.39 is 0 Å². The van der Waals surface area contributed by atoms with Crippen LogP contribution in [0.1, 0.15) is 57.1 Å². The van der Waals surface area contributed by atoms with Crippen molar-refractivity contribution in [1.29, 1.82) is 0 Å². The minimum Gasteiger partial charge on any atom is -0.310 e. The van der Waals surface area contributed by atoms with E-state index in [1.807, 2.05) is 12.1 Å². The van der Waals surface area contributed by atoms with Crippen molar-refractivity contribution in [3.63, 3.8) is 0 Å². The fourth-order valence-electron chi connectivity index (χ4n) is 2.87. The molecule has 1 atom stereocenters. The van der Waals surface area contributed by atoms with E-state index in [-0.39, 0.29) is 0 Å². The lowest BCUT2D eigenvalue weighted by Gasteiger charge is -2.22. The zero-order valence-corrected chi connectivity index (χ0v) is 12.0. The van der Waals surface area contributed by atoms with Gasteiger partial charge >= 0.3 is 0 Å². The molecule has 1 aromatic carbocycles. The zero-order chi connectivity index (χ0) is 12.8. The second-order valence-corrected chi connectivity index (χ2v) is 5.96. The SMILES string of the molecule is CC(NCCC1CCCCC1)c1cccc(Cl)c1. The summed E-state index contributed by atoms with van der Waals surface area (Å²) in [6.07, 6.45) is 8.53. The summed E-state index contributed by atoms with van der Waals surface area (Å²) in [6, 6.07) is 8.55. The molecule has 1 aromatic rings. The largest absolute Gasteiger partial charge is 0.310 e. The topological polar surface area (TPSA) is 12.0 Å². The minimum atomic E-state index is 0.396. The average molecular weight is 266 g/mol. The molecule has 0 aromatic heterocycles. The molecule has 1 unspecified atom stereocenters. The number of nitrogens with one attached hydrogen (secondary N) is 1. The first-order valence-corrected chi connectivity index (χ1v) is 7.62. The molecular weight excluding hydrogens is 242 g/mol. The van der Waals surface area contributed by atoms with Gasteiger partial charge in [-0.15, -0.1) is 0 Å². The summed E-state index contributed by atoms with van der Waals surface area (Å²) in [5.41, 5.74) is 1.28. The van der Waals surface area contributed by atoms with Crippen molar-refractivity contribution in [3.05, 3.63) is 34.9 Å². The molecule has 1 aliphatic carbocycles. The molecule has 0 aliphatic heterocycles. The Hall–Kier alpha value is -0.530. The first-order chi connectivity index (χ1) is 8.75. The first kappa shape index (κ1) is 13.9. The van der Waals surface area contributed by atoms with Gasteiger partial charge in [-0.25, -0.2) is 0 Å². The van der Waals surface area contributed by atoms with Crippen LogP contribution in [-0.4, -0.2) is 6.54 Å².